The molecule has 0 aliphatic carbocycles. The van der Waals surface area contributed by atoms with Crippen molar-refractivity contribution in [2.45, 2.75) is 39.0 Å². The van der Waals surface area contributed by atoms with Gasteiger partial charge in [-0.15, -0.1) is 0 Å². The van der Waals surface area contributed by atoms with E-state index in [0.29, 0.717) is 0 Å². The summed E-state index contributed by atoms with van der Waals surface area (Å²) in [6.45, 7) is 6.18. The van der Waals surface area contributed by atoms with E-state index in [1.807, 2.05) is 42.2 Å². The van der Waals surface area contributed by atoms with Gasteiger partial charge in [-0.05, 0) is 46.5 Å². The molecule has 3 heterocycles. The van der Waals surface area contributed by atoms with Crippen molar-refractivity contribution in [2.75, 3.05) is 34.2 Å². The summed E-state index contributed by atoms with van der Waals surface area (Å²) >= 11 is 0. The number of carbonyl (C=O) groups excluding carboxylic acids is 2. The molecule has 0 saturated carbocycles. The van der Waals surface area contributed by atoms with Crippen molar-refractivity contribution in [3.8, 4) is 0 Å². The number of imide groups is 1. The topological polar surface area (TPSA) is 62.7 Å². The molecule has 0 radical (unpaired) electrons. The number of aliphatic imine (C=N–C) groups is 1. The van der Waals surface area contributed by atoms with Crippen molar-refractivity contribution in [1.29, 1.82) is 0 Å². The van der Waals surface area contributed by atoms with Crippen LogP contribution in [-0.2, 0) is 11.3 Å². The first-order valence-electron chi connectivity index (χ1n) is 10.4. The molecule has 8 nitrogen and oxygen atoms in total. The number of allylic oxidation sites excluding steroid dienone is 2. The average Bonchev–Trinajstić information content (AvgIpc) is 3.22. The highest BCUT2D eigenvalue weighted by atomic mass is 16.2. The summed E-state index contributed by atoms with van der Waals surface area (Å²) in [4.78, 5) is 40.6. The fourth-order valence-corrected chi connectivity index (χ4v) is 4.41. The van der Waals surface area contributed by atoms with Crippen LogP contribution < -0.4 is 0 Å². The van der Waals surface area contributed by atoms with Crippen LogP contribution in [-0.4, -0.2) is 88.8 Å². The van der Waals surface area contributed by atoms with Crippen LogP contribution in [0, 0.1) is 0 Å². The number of hydrogen-bond donors (Lipinski definition) is 0. The molecule has 0 spiro atoms. The number of likely N-dealkylation sites (N-methyl/N-ethyl adjacent to an activating group) is 1. The molecule has 8 heteroatoms. The molecule has 3 aliphatic rings. The normalized spacial score (nSPS) is 23.6. The summed E-state index contributed by atoms with van der Waals surface area (Å²) in [5.41, 5.74) is 3.08. The van der Waals surface area contributed by atoms with Gasteiger partial charge in [0.2, 0.25) is 5.96 Å². The summed E-state index contributed by atoms with van der Waals surface area (Å²) in [5, 5.41) is 0. The molecule has 0 aromatic heterocycles. The van der Waals surface area contributed by atoms with E-state index < -0.39 is 12.2 Å². The Morgan fingerprint density at radius 2 is 1.73 bits per heavy atom. The van der Waals surface area contributed by atoms with Gasteiger partial charge < -0.3 is 14.7 Å². The minimum absolute atomic E-state index is 0.187. The molecular formula is C22H30N6O2. The van der Waals surface area contributed by atoms with Crippen LogP contribution >= 0.6 is 0 Å². The minimum atomic E-state index is -0.514. The molecule has 0 N–H and O–H groups in total. The molecule has 1 aromatic carbocycles. The number of rotatable bonds is 6. The molecule has 30 heavy (non-hydrogen) atoms. The lowest BCUT2D eigenvalue weighted by Gasteiger charge is -2.40. The summed E-state index contributed by atoms with van der Waals surface area (Å²) in [7, 11) is 5.86. The lowest BCUT2D eigenvalue weighted by atomic mass is 10.1. The van der Waals surface area contributed by atoms with Gasteiger partial charge in [0, 0.05) is 25.0 Å². The highest BCUT2D eigenvalue weighted by molar-refractivity contribution is 6.05. The first kappa shape index (κ1) is 20.4. The maximum Gasteiger partial charge on any atom is 0.328 e. The molecular weight excluding hydrogens is 380 g/mol. The Kier molecular flexibility index (Phi) is 5.27. The number of carbonyl (C=O) groups is 2. The molecule has 3 aliphatic heterocycles. The summed E-state index contributed by atoms with van der Waals surface area (Å²) in [6, 6.07) is 8.81. The Balaban J connectivity index is 1.60. The molecule has 2 atom stereocenters. The van der Waals surface area contributed by atoms with Crippen LogP contribution in [0.2, 0.25) is 0 Å². The first-order valence-corrected chi connectivity index (χ1v) is 10.4. The zero-order chi connectivity index (χ0) is 21.6. The Morgan fingerprint density at radius 1 is 1.03 bits per heavy atom. The van der Waals surface area contributed by atoms with E-state index in [2.05, 4.69) is 30.8 Å². The third-order valence-corrected chi connectivity index (χ3v) is 6.17. The summed E-state index contributed by atoms with van der Waals surface area (Å²) < 4.78 is 0. The van der Waals surface area contributed by atoms with Crippen molar-refractivity contribution in [3.05, 3.63) is 47.3 Å². The molecule has 4 rings (SSSR count). The van der Waals surface area contributed by atoms with E-state index in [0.717, 1.165) is 42.4 Å². The van der Waals surface area contributed by atoms with Gasteiger partial charge in [0.05, 0.1) is 6.54 Å². The maximum atomic E-state index is 13.5. The van der Waals surface area contributed by atoms with E-state index in [4.69, 9.17) is 4.99 Å². The van der Waals surface area contributed by atoms with Crippen LogP contribution in [0.3, 0.4) is 0 Å². The molecule has 3 amide bonds. The number of benzene rings is 1. The second kappa shape index (κ2) is 7.75. The van der Waals surface area contributed by atoms with Gasteiger partial charge in [0.15, 0.2) is 12.2 Å². The smallest absolute Gasteiger partial charge is 0.314 e. The van der Waals surface area contributed by atoms with Crippen molar-refractivity contribution >= 4 is 17.9 Å². The van der Waals surface area contributed by atoms with Gasteiger partial charge in [-0.1, -0.05) is 30.3 Å². The number of fused-ring (bicyclic) bond motifs is 3. The number of nitrogens with zero attached hydrogens (tertiary/aromatic N) is 6. The van der Waals surface area contributed by atoms with Gasteiger partial charge in [0.25, 0.3) is 5.91 Å². The van der Waals surface area contributed by atoms with Crippen molar-refractivity contribution in [2.24, 2.45) is 4.99 Å². The van der Waals surface area contributed by atoms with Crippen molar-refractivity contribution in [3.63, 3.8) is 0 Å². The van der Waals surface area contributed by atoms with Crippen molar-refractivity contribution < 1.29 is 9.59 Å². The zero-order valence-electron chi connectivity index (χ0n) is 18.4. The van der Waals surface area contributed by atoms with Crippen LogP contribution in [0.25, 0.3) is 0 Å². The third kappa shape index (κ3) is 3.25. The van der Waals surface area contributed by atoms with E-state index in [9.17, 15) is 9.59 Å². The Bertz CT molecular complexity index is 909. The van der Waals surface area contributed by atoms with Gasteiger partial charge in [-0.3, -0.25) is 14.6 Å². The zero-order valence-corrected chi connectivity index (χ0v) is 18.4. The number of urea groups is 1. The van der Waals surface area contributed by atoms with Gasteiger partial charge in [-0.25, -0.2) is 9.79 Å². The monoisotopic (exact) mass is 410 g/mol. The lowest BCUT2D eigenvalue weighted by Crippen LogP contribution is -2.64. The molecule has 0 bridgehead atoms. The molecule has 2 unspecified atom stereocenters. The molecule has 1 saturated heterocycles. The van der Waals surface area contributed by atoms with Gasteiger partial charge >= 0.3 is 6.03 Å². The fraction of sp³-hybridized carbons (Fsp3) is 0.500. The highest BCUT2D eigenvalue weighted by Gasteiger charge is 2.55. The lowest BCUT2D eigenvalue weighted by molar-refractivity contribution is -0.137. The minimum Gasteiger partial charge on any atom is -0.314 e. The van der Waals surface area contributed by atoms with E-state index in [-0.39, 0.29) is 18.5 Å². The number of hydrogen-bond acceptors (Lipinski definition) is 6. The molecule has 1 fully saturated rings. The third-order valence-electron chi connectivity index (χ3n) is 6.17. The van der Waals surface area contributed by atoms with E-state index >= 15 is 0 Å². The van der Waals surface area contributed by atoms with Gasteiger partial charge in [0.1, 0.15) is 0 Å². The average molecular weight is 411 g/mol. The van der Waals surface area contributed by atoms with E-state index in [1.54, 1.807) is 11.9 Å². The first-order chi connectivity index (χ1) is 14.3. The maximum absolute atomic E-state index is 13.5. The van der Waals surface area contributed by atoms with Crippen LogP contribution in [0.4, 0.5) is 4.79 Å². The van der Waals surface area contributed by atoms with E-state index in [1.165, 1.54) is 4.90 Å². The molecule has 160 valence electrons. The Morgan fingerprint density at radius 3 is 2.40 bits per heavy atom. The van der Waals surface area contributed by atoms with Crippen LogP contribution in [0.1, 0.15) is 25.8 Å². The second-order valence-corrected chi connectivity index (χ2v) is 8.44. The largest absolute Gasteiger partial charge is 0.328 e. The highest BCUT2D eigenvalue weighted by Crippen LogP contribution is 2.38. The molecule has 1 aromatic rings. The SMILES string of the molecule is CC1=C(C)N2C(=NC3C2C(=O)N(Cc2ccccc2)C(=O)N3C)N1CCCN(C)C. The quantitative estimate of drug-likeness (QED) is 0.718. The number of guanidine groups is 1. The van der Waals surface area contributed by atoms with Crippen molar-refractivity contribution in [1.82, 2.24) is 24.5 Å². The van der Waals surface area contributed by atoms with Gasteiger partial charge in [-0.2, -0.15) is 0 Å². The Labute approximate surface area is 178 Å². The summed E-state index contributed by atoms with van der Waals surface area (Å²) in [6.07, 6.45) is 0.495. The predicted molar refractivity (Wildman–Crippen MR) is 115 cm³/mol. The predicted octanol–water partition coefficient (Wildman–Crippen LogP) is 1.97. The van der Waals surface area contributed by atoms with Crippen LogP contribution in [0.5, 0.6) is 0 Å². The standard InChI is InChI=1S/C22H30N6O2/c1-15-16(2)28-18-19(23-21(28)26(15)13-9-12-24(3)4)25(5)22(30)27(20(18)29)14-17-10-7-6-8-11-17/h6-8,10-11,18-19H,9,12-14H2,1-5H3. The summed E-state index contributed by atoms with van der Waals surface area (Å²) in [5.74, 6) is 0.598. The Hall–Kier alpha value is -2.87. The second-order valence-electron chi connectivity index (χ2n) is 8.44. The number of amides is 3. The van der Waals surface area contributed by atoms with Crippen LogP contribution in [0.15, 0.2) is 46.7 Å². The fourth-order valence-electron chi connectivity index (χ4n) is 4.41.